The van der Waals surface area contributed by atoms with Gasteiger partial charge in [0.25, 0.3) is 5.91 Å². The van der Waals surface area contributed by atoms with Crippen LogP contribution in [-0.2, 0) is 16.0 Å². The monoisotopic (exact) mass is 428 g/mol. The molecule has 4 N–H and O–H groups in total. The molecule has 0 spiro atoms. The molecule has 2 aromatic carbocycles. The number of rotatable bonds is 11. The number of nitrogens with zero attached hydrogens (tertiary/aromatic N) is 1. The van der Waals surface area contributed by atoms with Crippen molar-refractivity contribution in [2.75, 3.05) is 33.0 Å². The number of aliphatic hydroxyl groups is 3. The van der Waals surface area contributed by atoms with E-state index in [0.29, 0.717) is 36.7 Å². The highest BCUT2D eigenvalue weighted by atomic mass is 16.5. The molecule has 0 aromatic heterocycles. The van der Waals surface area contributed by atoms with Crippen LogP contribution in [0.3, 0.4) is 0 Å². The van der Waals surface area contributed by atoms with Crippen LogP contribution in [0.4, 0.5) is 0 Å². The van der Waals surface area contributed by atoms with Crippen LogP contribution in [-0.4, -0.2) is 71.7 Å². The van der Waals surface area contributed by atoms with Crippen LogP contribution in [0, 0.1) is 0 Å². The summed E-state index contributed by atoms with van der Waals surface area (Å²) in [4.78, 5) is 17.8. The summed E-state index contributed by atoms with van der Waals surface area (Å²) >= 11 is 0. The molecule has 0 radical (unpaired) electrons. The van der Waals surface area contributed by atoms with Crippen LogP contribution in [0.2, 0.25) is 0 Å². The minimum absolute atomic E-state index is 0.0430. The molecule has 2 aromatic rings. The number of carbonyl (C=O) groups excluding carboxylic acids is 1. The Hall–Kier alpha value is -2.94. The molecule has 1 aliphatic heterocycles. The molecule has 166 valence electrons. The van der Waals surface area contributed by atoms with Crippen molar-refractivity contribution in [3.63, 3.8) is 0 Å². The van der Waals surface area contributed by atoms with Gasteiger partial charge in [0.1, 0.15) is 12.4 Å². The first-order valence-electron chi connectivity index (χ1n) is 10.2. The predicted octanol–water partition coefficient (Wildman–Crippen LogP) is 0.675. The van der Waals surface area contributed by atoms with Gasteiger partial charge in [-0.3, -0.25) is 4.79 Å². The molecule has 1 amide bonds. The Kier molecular flexibility index (Phi) is 8.00. The fraction of sp³-hybridized carbons (Fsp3) is 0.391. The van der Waals surface area contributed by atoms with Crippen LogP contribution in [0.5, 0.6) is 5.75 Å². The average molecular weight is 428 g/mol. The van der Waals surface area contributed by atoms with Gasteiger partial charge in [-0.05, 0) is 29.8 Å². The Labute approximate surface area is 181 Å². The van der Waals surface area contributed by atoms with E-state index < -0.39 is 17.5 Å². The molecule has 0 unspecified atom stereocenters. The van der Waals surface area contributed by atoms with Gasteiger partial charge in [-0.2, -0.15) is 0 Å². The molecule has 0 aliphatic carbocycles. The molecule has 3 rings (SSSR count). The first-order valence-corrected chi connectivity index (χ1v) is 10.2. The van der Waals surface area contributed by atoms with Crippen molar-refractivity contribution in [3.05, 3.63) is 65.7 Å². The Morgan fingerprint density at radius 3 is 2.45 bits per heavy atom. The van der Waals surface area contributed by atoms with E-state index in [1.165, 1.54) is 0 Å². The minimum atomic E-state index is -1.21. The number of hydrogen-bond acceptors (Lipinski definition) is 7. The Morgan fingerprint density at radius 2 is 1.81 bits per heavy atom. The lowest BCUT2D eigenvalue weighted by Crippen LogP contribution is -2.53. The molecule has 8 nitrogen and oxygen atoms in total. The second kappa shape index (κ2) is 10.9. The zero-order valence-corrected chi connectivity index (χ0v) is 17.2. The predicted molar refractivity (Wildman–Crippen MR) is 115 cm³/mol. The normalized spacial score (nSPS) is 17.9. The summed E-state index contributed by atoms with van der Waals surface area (Å²) in [6.45, 7) is -0.217. The number of aliphatic imine (C=N–C) groups is 1. The molecular weight excluding hydrogens is 400 g/mol. The maximum atomic E-state index is 13.1. The summed E-state index contributed by atoms with van der Waals surface area (Å²) in [5.41, 5.74) is 0.414. The summed E-state index contributed by atoms with van der Waals surface area (Å²) in [7, 11) is 0. The van der Waals surface area contributed by atoms with Crippen molar-refractivity contribution in [2.24, 2.45) is 4.99 Å². The van der Waals surface area contributed by atoms with E-state index in [9.17, 15) is 15.0 Å². The molecule has 1 heterocycles. The number of nitrogens with one attached hydrogen (secondary N) is 1. The average Bonchev–Trinajstić information content (AvgIpc) is 3.24. The van der Waals surface area contributed by atoms with Gasteiger partial charge in [-0.15, -0.1) is 0 Å². The van der Waals surface area contributed by atoms with Crippen molar-refractivity contribution in [1.82, 2.24) is 5.32 Å². The number of benzene rings is 2. The lowest BCUT2D eigenvalue weighted by molar-refractivity contribution is -0.128. The molecular formula is C23H28N2O6. The zero-order chi connectivity index (χ0) is 22.1. The molecule has 0 bridgehead atoms. The highest BCUT2D eigenvalue weighted by molar-refractivity contribution is 6.00. The standard InChI is InChI=1S/C23H28N2O6/c26-11-4-12-30-20-9-7-18(8-10-20)21-25-23(16-31-21,13-17-5-2-1-3-6-17)22(29)24-19(14-27)15-28/h1-3,5-10,19,26-28H,4,11-16H2,(H,24,29)/t23-/m1/s1. The highest BCUT2D eigenvalue weighted by Crippen LogP contribution is 2.27. The second-order valence-corrected chi connectivity index (χ2v) is 7.39. The van der Waals surface area contributed by atoms with E-state index in [0.717, 1.165) is 5.56 Å². The van der Waals surface area contributed by atoms with E-state index in [-0.39, 0.29) is 26.4 Å². The summed E-state index contributed by atoms with van der Waals surface area (Å²) in [6, 6.07) is 15.9. The zero-order valence-electron chi connectivity index (χ0n) is 17.2. The number of carbonyl (C=O) groups is 1. The van der Waals surface area contributed by atoms with Gasteiger partial charge in [-0.1, -0.05) is 30.3 Å². The van der Waals surface area contributed by atoms with E-state index in [1.807, 2.05) is 30.3 Å². The topological polar surface area (TPSA) is 121 Å². The third-order valence-corrected chi connectivity index (χ3v) is 4.97. The van der Waals surface area contributed by atoms with Gasteiger partial charge in [0.05, 0.1) is 25.9 Å². The fourth-order valence-electron chi connectivity index (χ4n) is 3.23. The third kappa shape index (κ3) is 5.81. The minimum Gasteiger partial charge on any atom is -0.494 e. The van der Waals surface area contributed by atoms with E-state index in [2.05, 4.69) is 10.3 Å². The maximum absolute atomic E-state index is 13.1. The van der Waals surface area contributed by atoms with E-state index >= 15 is 0 Å². The molecule has 0 saturated carbocycles. The van der Waals surface area contributed by atoms with Crippen LogP contribution in [0.15, 0.2) is 59.6 Å². The van der Waals surface area contributed by atoms with Crippen LogP contribution >= 0.6 is 0 Å². The highest BCUT2D eigenvalue weighted by Gasteiger charge is 2.45. The summed E-state index contributed by atoms with van der Waals surface area (Å²) in [5, 5.41) is 30.2. The van der Waals surface area contributed by atoms with Crippen molar-refractivity contribution in [1.29, 1.82) is 0 Å². The Balaban J connectivity index is 1.83. The van der Waals surface area contributed by atoms with E-state index in [1.54, 1.807) is 24.3 Å². The Bertz CT molecular complexity index is 867. The summed E-state index contributed by atoms with van der Waals surface area (Å²) in [5.74, 6) is 0.596. The van der Waals surface area contributed by atoms with Crippen molar-refractivity contribution < 1.29 is 29.6 Å². The number of hydrogen-bond donors (Lipinski definition) is 4. The third-order valence-electron chi connectivity index (χ3n) is 4.97. The maximum Gasteiger partial charge on any atom is 0.252 e. The van der Waals surface area contributed by atoms with Gasteiger partial charge in [0.2, 0.25) is 5.90 Å². The summed E-state index contributed by atoms with van der Waals surface area (Å²) in [6.07, 6.45) is 0.868. The van der Waals surface area contributed by atoms with Gasteiger partial charge in [0.15, 0.2) is 5.54 Å². The van der Waals surface area contributed by atoms with Gasteiger partial charge in [-0.25, -0.2) is 4.99 Å². The van der Waals surface area contributed by atoms with Gasteiger partial charge >= 0.3 is 0 Å². The van der Waals surface area contributed by atoms with Crippen molar-refractivity contribution in [3.8, 4) is 5.75 Å². The number of aliphatic hydroxyl groups excluding tert-OH is 3. The molecule has 0 fully saturated rings. The van der Waals surface area contributed by atoms with Gasteiger partial charge < -0.3 is 30.1 Å². The Morgan fingerprint density at radius 1 is 1.10 bits per heavy atom. The molecule has 0 saturated heterocycles. The summed E-state index contributed by atoms with van der Waals surface area (Å²) < 4.78 is 11.4. The van der Waals surface area contributed by atoms with Gasteiger partial charge in [0, 0.05) is 25.0 Å². The van der Waals surface area contributed by atoms with Crippen LogP contribution in [0.1, 0.15) is 17.5 Å². The largest absolute Gasteiger partial charge is 0.494 e. The molecule has 1 atom stereocenters. The molecule has 31 heavy (non-hydrogen) atoms. The van der Waals surface area contributed by atoms with Crippen LogP contribution < -0.4 is 10.1 Å². The number of ether oxygens (including phenoxy) is 2. The van der Waals surface area contributed by atoms with Crippen molar-refractivity contribution in [2.45, 2.75) is 24.4 Å². The quantitative estimate of drug-likeness (QED) is 0.391. The fourth-order valence-corrected chi connectivity index (χ4v) is 3.23. The first kappa shape index (κ1) is 22.7. The van der Waals surface area contributed by atoms with Crippen LogP contribution in [0.25, 0.3) is 0 Å². The second-order valence-electron chi connectivity index (χ2n) is 7.39. The smallest absolute Gasteiger partial charge is 0.252 e. The first-order chi connectivity index (χ1) is 15.1. The number of amides is 1. The molecule has 8 heteroatoms. The van der Waals surface area contributed by atoms with E-state index in [4.69, 9.17) is 14.6 Å². The lowest BCUT2D eigenvalue weighted by Gasteiger charge is -2.25. The molecule has 1 aliphatic rings. The SMILES string of the molecule is O=C(NC(CO)CO)[C@@]1(Cc2ccccc2)COC(c2ccc(OCCCO)cc2)=N1. The lowest BCUT2D eigenvalue weighted by atomic mass is 9.91. The van der Waals surface area contributed by atoms with Crippen molar-refractivity contribution >= 4 is 11.8 Å².